The molecule has 17 heavy (non-hydrogen) atoms. The highest BCUT2D eigenvalue weighted by Gasteiger charge is 2.65. The first kappa shape index (κ1) is 11.3. The summed E-state index contributed by atoms with van der Waals surface area (Å²) in [5.41, 5.74) is 2.71. The van der Waals surface area contributed by atoms with Gasteiger partial charge in [0.25, 0.3) is 0 Å². The first-order valence-electron chi connectivity index (χ1n) is 6.98. The van der Waals surface area contributed by atoms with Crippen molar-refractivity contribution < 1.29 is 0 Å². The van der Waals surface area contributed by atoms with Crippen LogP contribution in [0, 0.1) is 29.6 Å². The van der Waals surface area contributed by atoms with Gasteiger partial charge in [0.2, 0.25) is 5.96 Å². The van der Waals surface area contributed by atoms with Gasteiger partial charge < -0.3 is 5.32 Å². The molecule has 3 rings (SSSR count). The zero-order chi connectivity index (χ0) is 12.0. The van der Waals surface area contributed by atoms with E-state index in [0.29, 0.717) is 12.0 Å². The number of nitrogens with two attached hydrogens (primary N) is 1. The van der Waals surface area contributed by atoms with Crippen molar-refractivity contribution in [1.29, 1.82) is 0 Å². The van der Waals surface area contributed by atoms with E-state index in [4.69, 9.17) is 5.84 Å². The average Bonchev–Trinajstić information content (AvgIpc) is 2.72. The summed E-state index contributed by atoms with van der Waals surface area (Å²) in [6, 6.07) is 0.656. The maximum atomic E-state index is 5.53. The molecule has 3 saturated carbocycles. The lowest BCUT2D eigenvalue weighted by Gasteiger charge is -2.13. The number of hydrogen-bond donors (Lipinski definition) is 3. The molecule has 0 aromatic carbocycles. The van der Waals surface area contributed by atoms with Gasteiger partial charge in [-0.1, -0.05) is 13.8 Å². The monoisotopic (exact) mass is 236 g/mol. The van der Waals surface area contributed by atoms with Gasteiger partial charge in [-0.15, -0.1) is 0 Å². The fraction of sp³-hybridized carbons (Fsp3) is 0.923. The van der Waals surface area contributed by atoms with E-state index in [1.807, 2.05) is 0 Å². The Bertz CT molecular complexity index is 309. The summed E-state index contributed by atoms with van der Waals surface area (Å²) in [5.74, 6) is 10.7. The molecule has 0 saturated heterocycles. The van der Waals surface area contributed by atoms with E-state index in [0.717, 1.165) is 36.2 Å². The Morgan fingerprint density at radius 1 is 1.29 bits per heavy atom. The number of rotatable bonds is 3. The van der Waals surface area contributed by atoms with Crippen LogP contribution < -0.4 is 16.6 Å². The molecule has 4 unspecified atom stereocenters. The van der Waals surface area contributed by atoms with Crippen LogP contribution in [0.25, 0.3) is 0 Å². The Labute approximate surface area is 103 Å². The topological polar surface area (TPSA) is 62.4 Å². The summed E-state index contributed by atoms with van der Waals surface area (Å²) in [6.07, 6.45) is 4.40. The van der Waals surface area contributed by atoms with Gasteiger partial charge in [0.05, 0.1) is 0 Å². The molecule has 0 heterocycles. The van der Waals surface area contributed by atoms with Gasteiger partial charge in [0, 0.05) is 12.6 Å². The minimum Gasteiger partial charge on any atom is -0.352 e. The number of nitrogens with one attached hydrogen (secondary N) is 2. The van der Waals surface area contributed by atoms with Gasteiger partial charge in [0.15, 0.2) is 0 Å². The van der Waals surface area contributed by atoms with Crippen LogP contribution in [0.3, 0.4) is 0 Å². The molecule has 3 aliphatic rings. The number of hydrazine groups is 1. The molecule has 96 valence electrons. The molecular formula is C13H24N4. The van der Waals surface area contributed by atoms with Crippen molar-refractivity contribution in [3.8, 4) is 0 Å². The van der Waals surface area contributed by atoms with E-state index in [1.165, 1.54) is 19.3 Å². The summed E-state index contributed by atoms with van der Waals surface area (Å²) < 4.78 is 0. The van der Waals surface area contributed by atoms with Gasteiger partial charge >= 0.3 is 0 Å². The van der Waals surface area contributed by atoms with Gasteiger partial charge in [-0.25, -0.2) is 5.84 Å². The Balaban J connectivity index is 1.56. The third-order valence-corrected chi connectivity index (χ3v) is 4.79. The largest absolute Gasteiger partial charge is 0.352 e. The standard InChI is InChI=1S/C13H24N4/c1-7(2)6-15-13(17-14)16-12-10-8-3-4-9(5-8)11(10)12/h7-12H,3-6,14H2,1-2H3,(H2,15,16,17). The van der Waals surface area contributed by atoms with E-state index in [2.05, 4.69) is 29.6 Å². The average molecular weight is 236 g/mol. The Hall–Kier alpha value is -0.770. The molecule has 4 N–H and O–H groups in total. The minimum atomic E-state index is 0.579. The van der Waals surface area contributed by atoms with Gasteiger partial charge in [-0.05, 0) is 48.9 Å². The molecule has 3 fully saturated rings. The van der Waals surface area contributed by atoms with Crippen LogP contribution in [-0.2, 0) is 0 Å². The van der Waals surface area contributed by atoms with Gasteiger partial charge in [0.1, 0.15) is 0 Å². The van der Waals surface area contributed by atoms with E-state index in [9.17, 15) is 0 Å². The molecule has 2 bridgehead atoms. The van der Waals surface area contributed by atoms with Crippen molar-refractivity contribution >= 4 is 5.96 Å². The predicted molar refractivity (Wildman–Crippen MR) is 69.2 cm³/mol. The number of nitrogens with zero attached hydrogens (tertiary/aromatic N) is 1. The lowest BCUT2D eigenvalue weighted by molar-refractivity contribution is 0.456. The Morgan fingerprint density at radius 3 is 2.47 bits per heavy atom. The quantitative estimate of drug-likeness (QED) is 0.297. The second kappa shape index (κ2) is 4.16. The molecular weight excluding hydrogens is 212 g/mol. The number of fused-ring (bicyclic) bond motifs is 5. The summed E-state index contributed by atoms with van der Waals surface area (Å²) in [5, 5.41) is 3.51. The first-order valence-corrected chi connectivity index (χ1v) is 6.98. The molecule has 0 aromatic heterocycles. The van der Waals surface area contributed by atoms with Crippen molar-refractivity contribution in [3.05, 3.63) is 0 Å². The summed E-state index contributed by atoms with van der Waals surface area (Å²) in [7, 11) is 0. The van der Waals surface area contributed by atoms with E-state index >= 15 is 0 Å². The van der Waals surface area contributed by atoms with Crippen LogP contribution in [-0.4, -0.2) is 18.5 Å². The fourth-order valence-electron chi connectivity index (χ4n) is 4.08. The molecule has 0 amide bonds. The summed E-state index contributed by atoms with van der Waals surface area (Å²) >= 11 is 0. The van der Waals surface area contributed by atoms with E-state index in [1.54, 1.807) is 0 Å². The predicted octanol–water partition coefficient (Wildman–Crippen LogP) is 1.10. The third-order valence-electron chi connectivity index (χ3n) is 4.79. The highest BCUT2D eigenvalue weighted by atomic mass is 15.3. The number of hydrogen-bond acceptors (Lipinski definition) is 2. The molecule has 0 spiro atoms. The van der Waals surface area contributed by atoms with Crippen LogP contribution in [0.2, 0.25) is 0 Å². The molecule has 0 aromatic rings. The van der Waals surface area contributed by atoms with Crippen LogP contribution in [0.4, 0.5) is 0 Å². The highest BCUT2D eigenvalue weighted by molar-refractivity contribution is 5.80. The fourth-order valence-corrected chi connectivity index (χ4v) is 4.08. The van der Waals surface area contributed by atoms with E-state index < -0.39 is 0 Å². The Morgan fingerprint density at radius 2 is 1.94 bits per heavy atom. The van der Waals surface area contributed by atoms with Crippen molar-refractivity contribution in [2.24, 2.45) is 40.4 Å². The minimum absolute atomic E-state index is 0.579. The second-order valence-corrected chi connectivity index (χ2v) is 6.39. The third kappa shape index (κ3) is 1.92. The number of aliphatic imine (C=N–C) groups is 1. The molecule has 3 aliphatic carbocycles. The summed E-state index contributed by atoms with van der Waals surface area (Å²) in [4.78, 5) is 4.49. The zero-order valence-corrected chi connectivity index (χ0v) is 10.8. The number of guanidine groups is 1. The molecule has 0 radical (unpaired) electrons. The first-order chi connectivity index (χ1) is 8.20. The normalized spacial score (nSPS) is 42.8. The second-order valence-electron chi connectivity index (χ2n) is 6.39. The van der Waals surface area contributed by atoms with Crippen LogP contribution in [0.5, 0.6) is 0 Å². The smallest absolute Gasteiger partial charge is 0.205 e. The molecule has 4 nitrogen and oxygen atoms in total. The van der Waals surface area contributed by atoms with Gasteiger partial charge in [-0.2, -0.15) is 0 Å². The zero-order valence-electron chi connectivity index (χ0n) is 10.8. The summed E-state index contributed by atoms with van der Waals surface area (Å²) in [6.45, 7) is 5.18. The SMILES string of the molecule is CC(C)CN=C(NN)NC1C2C3CCC(C3)C12. The lowest BCUT2D eigenvalue weighted by Crippen LogP contribution is -2.44. The molecule has 0 aliphatic heterocycles. The van der Waals surface area contributed by atoms with Crippen molar-refractivity contribution in [2.45, 2.75) is 39.2 Å². The van der Waals surface area contributed by atoms with Crippen molar-refractivity contribution in [1.82, 2.24) is 10.7 Å². The Kier molecular flexibility index (Phi) is 2.77. The van der Waals surface area contributed by atoms with Gasteiger partial charge in [-0.3, -0.25) is 10.4 Å². The highest BCUT2D eigenvalue weighted by Crippen LogP contribution is 2.65. The maximum absolute atomic E-state index is 5.53. The molecule has 4 atom stereocenters. The lowest BCUT2D eigenvalue weighted by atomic mass is 10.0. The van der Waals surface area contributed by atoms with Crippen LogP contribution in [0.15, 0.2) is 4.99 Å². The molecule has 4 heteroatoms. The van der Waals surface area contributed by atoms with Crippen molar-refractivity contribution in [3.63, 3.8) is 0 Å². The van der Waals surface area contributed by atoms with Crippen LogP contribution >= 0.6 is 0 Å². The maximum Gasteiger partial charge on any atom is 0.205 e. The van der Waals surface area contributed by atoms with Crippen molar-refractivity contribution in [2.75, 3.05) is 6.54 Å². The van der Waals surface area contributed by atoms with E-state index in [-0.39, 0.29) is 0 Å². The van der Waals surface area contributed by atoms with Crippen LogP contribution in [0.1, 0.15) is 33.1 Å².